The van der Waals surface area contributed by atoms with Crippen molar-refractivity contribution in [2.24, 2.45) is 0 Å². The third kappa shape index (κ3) is 4.52. The highest BCUT2D eigenvalue weighted by molar-refractivity contribution is 5.78. The van der Waals surface area contributed by atoms with E-state index in [1.54, 1.807) is 13.2 Å². The largest absolute Gasteiger partial charge is 0.464 e. The normalized spacial score (nSPS) is 17.2. The van der Waals surface area contributed by atoms with Gasteiger partial charge in [-0.15, -0.1) is 0 Å². The second-order valence-corrected chi connectivity index (χ2v) is 6.96. The summed E-state index contributed by atoms with van der Waals surface area (Å²) in [4.78, 5) is 16.5. The topological polar surface area (TPSA) is 69.0 Å². The number of rotatable bonds is 5. The summed E-state index contributed by atoms with van der Waals surface area (Å²) in [5.74, 6) is 0. The smallest absolute Gasteiger partial charge is 0.317 e. The van der Waals surface area contributed by atoms with Gasteiger partial charge in [0.1, 0.15) is 5.58 Å². The SMILES string of the molecule is CC(O)CN(C)C1CCN(C(=O)NCc2ccc3occc3c2)CC1. The van der Waals surface area contributed by atoms with Crippen LogP contribution in [0.2, 0.25) is 0 Å². The molecule has 136 valence electrons. The van der Waals surface area contributed by atoms with E-state index in [0.717, 1.165) is 42.5 Å². The van der Waals surface area contributed by atoms with E-state index in [1.807, 2.05) is 36.2 Å². The Bertz CT molecular complexity index is 705. The van der Waals surface area contributed by atoms with Crippen LogP contribution in [0.15, 0.2) is 34.9 Å². The van der Waals surface area contributed by atoms with E-state index in [-0.39, 0.29) is 12.1 Å². The molecule has 1 unspecified atom stereocenters. The van der Waals surface area contributed by atoms with Crippen molar-refractivity contribution < 1.29 is 14.3 Å². The Morgan fingerprint density at radius 2 is 2.16 bits per heavy atom. The lowest BCUT2D eigenvalue weighted by Crippen LogP contribution is -2.49. The number of aliphatic hydroxyl groups excluding tert-OH is 1. The third-order valence-electron chi connectivity index (χ3n) is 4.89. The molecule has 6 heteroatoms. The molecule has 1 aliphatic rings. The van der Waals surface area contributed by atoms with E-state index in [1.165, 1.54) is 0 Å². The molecule has 6 nitrogen and oxygen atoms in total. The minimum Gasteiger partial charge on any atom is -0.464 e. The summed E-state index contributed by atoms with van der Waals surface area (Å²) < 4.78 is 5.33. The van der Waals surface area contributed by atoms with E-state index in [4.69, 9.17) is 4.42 Å². The van der Waals surface area contributed by atoms with E-state index >= 15 is 0 Å². The molecule has 2 heterocycles. The van der Waals surface area contributed by atoms with Crippen LogP contribution in [0.25, 0.3) is 11.0 Å². The average molecular weight is 345 g/mol. The van der Waals surface area contributed by atoms with Gasteiger partial charge in [-0.05, 0) is 50.6 Å². The highest BCUT2D eigenvalue weighted by atomic mass is 16.3. The Balaban J connectivity index is 1.46. The number of fused-ring (bicyclic) bond motifs is 1. The van der Waals surface area contributed by atoms with Gasteiger partial charge in [0.2, 0.25) is 0 Å². The summed E-state index contributed by atoms with van der Waals surface area (Å²) in [6, 6.07) is 8.29. The van der Waals surface area contributed by atoms with Gasteiger partial charge in [0.05, 0.1) is 12.4 Å². The molecule has 1 fully saturated rings. The zero-order valence-electron chi connectivity index (χ0n) is 14.9. The Morgan fingerprint density at radius 1 is 1.40 bits per heavy atom. The first-order chi connectivity index (χ1) is 12.0. The lowest BCUT2D eigenvalue weighted by molar-refractivity contribution is 0.0874. The Morgan fingerprint density at radius 3 is 2.88 bits per heavy atom. The molecule has 0 bridgehead atoms. The van der Waals surface area contributed by atoms with Gasteiger partial charge in [-0.25, -0.2) is 4.79 Å². The van der Waals surface area contributed by atoms with Crippen LogP contribution in [0.1, 0.15) is 25.3 Å². The number of likely N-dealkylation sites (tertiary alicyclic amines) is 1. The molecule has 0 radical (unpaired) electrons. The molecule has 2 amide bonds. The van der Waals surface area contributed by atoms with Crippen LogP contribution >= 0.6 is 0 Å². The fraction of sp³-hybridized carbons (Fsp3) is 0.526. The van der Waals surface area contributed by atoms with Gasteiger partial charge in [0, 0.05) is 37.6 Å². The quantitative estimate of drug-likeness (QED) is 0.873. The summed E-state index contributed by atoms with van der Waals surface area (Å²) in [6.45, 7) is 4.50. The van der Waals surface area contributed by atoms with Gasteiger partial charge in [-0.1, -0.05) is 6.07 Å². The lowest BCUT2D eigenvalue weighted by atomic mass is 10.0. The molecule has 0 aliphatic carbocycles. The number of hydrogen-bond acceptors (Lipinski definition) is 4. The number of hydrogen-bond donors (Lipinski definition) is 2. The number of benzene rings is 1. The number of aliphatic hydroxyl groups is 1. The molecule has 2 aromatic rings. The van der Waals surface area contributed by atoms with Gasteiger partial charge < -0.3 is 24.6 Å². The number of amides is 2. The highest BCUT2D eigenvalue weighted by Crippen LogP contribution is 2.18. The number of urea groups is 1. The number of furan rings is 1. The molecular formula is C19H27N3O3. The fourth-order valence-electron chi connectivity index (χ4n) is 3.49. The van der Waals surface area contributed by atoms with Crippen LogP contribution in [-0.2, 0) is 6.54 Å². The van der Waals surface area contributed by atoms with E-state index < -0.39 is 0 Å². The maximum atomic E-state index is 12.4. The van der Waals surface area contributed by atoms with Gasteiger partial charge in [-0.3, -0.25) is 0 Å². The predicted octanol–water partition coefficient (Wildman–Crippen LogP) is 2.42. The van der Waals surface area contributed by atoms with Crippen molar-refractivity contribution in [3.05, 3.63) is 36.1 Å². The summed E-state index contributed by atoms with van der Waals surface area (Å²) >= 11 is 0. The molecule has 1 aliphatic heterocycles. The molecule has 1 aromatic heterocycles. The first-order valence-corrected chi connectivity index (χ1v) is 8.90. The molecule has 2 N–H and O–H groups in total. The van der Waals surface area contributed by atoms with Crippen LogP contribution < -0.4 is 5.32 Å². The van der Waals surface area contributed by atoms with Gasteiger partial charge in [-0.2, -0.15) is 0 Å². The van der Waals surface area contributed by atoms with E-state index in [2.05, 4.69) is 10.2 Å². The molecule has 1 atom stereocenters. The van der Waals surface area contributed by atoms with Crippen LogP contribution in [0.4, 0.5) is 4.79 Å². The molecule has 3 rings (SSSR count). The molecule has 1 aromatic carbocycles. The summed E-state index contributed by atoms with van der Waals surface area (Å²) in [5.41, 5.74) is 1.92. The minimum absolute atomic E-state index is 0.0103. The Labute approximate surface area is 148 Å². The first-order valence-electron chi connectivity index (χ1n) is 8.90. The van der Waals surface area contributed by atoms with Crippen molar-refractivity contribution >= 4 is 17.0 Å². The maximum Gasteiger partial charge on any atom is 0.317 e. The summed E-state index contributed by atoms with van der Waals surface area (Å²) in [6.07, 6.45) is 3.24. The molecule has 0 spiro atoms. The molecule has 1 saturated heterocycles. The molecule has 25 heavy (non-hydrogen) atoms. The summed E-state index contributed by atoms with van der Waals surface area (Å²) in [5, 5.41) is 13.6. The standard InChI is InChI=1S/C19H27N3O3/c1-14(23)13-21(2)17-5-8-22(9-6-17)19(24)20-12-15-3-4-18-16(11-15)7-10-25-18/h3-4,7,10-11,14,17,23H,5-6,8-9,12-13H2,1-2H3,(H,20,24). The van der Waals surface area contributed by atoms with Crippen molar-refractivity contribution in [3.8, 4) is 0 Å². The maximum absolute atomic E-state index is 12.4. The highest BCUT2D eigenvalue weighted by Gasteiger charge is 2.25. The zero-order valence-corrected chi connectivity index (χ0v) is 14.9. The minimum atomic E-state index is -0.320. The van der Waals surface area contributed by atoms with Crippen LogP contribution in [0.5, 0.6) is 0 Å². The van der Waals surface area contributed by atoms with E-state index in [9.17, 15) is 9.90 Å². The van der Waals surface area contributed by atoms with Crippen LogP contribution in [0, 0.1) is 0 Å². The average Bonchev–Trinajstić information content (AvgIpc) is 3.07. The monoisotopic (exact) mass is 345 g/mol. The number of carbonyl (C=O) groups is 1. The first kappa shape index (κ1) is 17.8. The van der Waals surface area contributed by atoms with E-state index in [0.29, 0.717) is 19.1 Å². The van der Waals surface area contributed by atoms with Crippen LogP contribution in [0.3, 0.4) is 0 Å². The van der Waals surface area contributed by atoms with Crippen LogP contribution in [-0.4, -0.2) is 59.8 Å². The number of piperidine rings is 1. The molecular weight excluding hydrogens is 318 g/mol. The predicted molar refractivity (Wildman–Crippen MR) is 97.4 cm³/mol. The third-order valence-corrected chi connectivity index (χ3v) is 4.89. The second-order valence-electron chi connectivity index (χ2n) is 6.96. The second kappa shape index (κ2) is 7.89. The van der Waals surface area contributed by atoms with Crippen molar-refractivity contribution in [2.45, 2.75) is 38.5 Å². The van der Waals surface area contributed by atoms with Crippen molar-refractivity contribution in [2.75, 3.05) is 26.7 Å². The number of nitrogens with one attached hydrogen (secondary N) is 1. The number of carbonyl (C=O) groups excluding carboxylic acids is 1. The van der Waals surface area contributed by atoms with Crippen molar-refractivity contribution in [1.29, 1.82) is 0 Å². The molecule has 0 saturated carbocycles. The Hall–Kier alpha value is -2.05. The van der Waals surface area contributed by atoms with Crippen molar-refractivity contribution in [3.63, 3.8) is 0 Å². The zero-order chi connectivity index (χ0) is 17.8. The van der Waals surface area contributed by atoms with Gasteiger partial charge >= 0.3 is 6.03 Å². The number of likely N-dealkylation sites (N-methyl/N-ethyl adjacent to an activating group) is 1. The van der Waals surface area contributed by atoms with Crippen molar-refractivity contribution in [1.82, 2.24) is 15.1 Å². The lowest BCUT2D eigenvalue weighted by Gasteiger charge is -2.37. The fourth-order valence-corrected chi connectivity index (χ4v) is 3.49. The Kier molecular flexibility index (Phi) is 5.60. The van der Waals surface area contributed by atoms with Gasteiger partial charge in [0.15, 0.2) is 0 Å². The number of nitrogens with zero attached hydrogens (tertiary/aromatic N) is 2. The van der Waals surface area contributed by atoms with Gasteiger partial charge in [0.25, 0.3) is 0 Å². The summed E-state index contributed by atoms with van der Waals surface area (Å²) in [7, 11) is 2.04.